The second kappa shape index (κ2) is 9.11. The van der Waals surface area contributed by atoms with Crippen LogP contribution < -0.4 is 21.1 Å². The quantitative estimate of drug-likeness (QED) is 0.525. The lowest BCUT2D eigenvalue weighted by molar-refractivity contribution is -0.0499. The van der Waals surface area contributed by atoms with Crippen molar-refractivity contribution >= 4 is 17.8 Å². The fourth-order valence-electron chi connectivity index (χ4n) is 2.77. The van der Waals surface area contributed by atoms with Crippen LogP contribution in [-0.2, 0) is 6.54 Å². The number of hydrogen-bond donors (Lipinski definition) is 3. The monoisotopic (exact) mass is 402 g/mol. The summed E-state index contributed by atoms with van der Waals surface area (Å²) in [6.45, 7) is -2.54. The predicted octanol–water partition coefficient (Wildman–Crippen LogP) is 2.38. The van der Waals surface area contributed by atoms with E-state index in [9.17, 15) is 13.9 Å². The molecule has 1 unspecified atom stereocenters. The summed E-state index contributed by atoms with van der Waals surface area (Å²) in [6, 6.07) is 15.3. The zero-order chi connectivity index (χ0) is 20.8. The van der Waals surface area contributed by atoms with Gasteiger partial charge in [-0.1, -0.05) is 42.5 Å². The normalized spacial score (nSPS) is 12.0. The van der Waals surface area contributed by atoms with Crippen LogP contribution in [0.3, 0.4) is 0 Å². The predicted molar refractivity (Wildman–Crippen MR) is 104 cm³/mol. The largest absolute Gasteiger partial charge is 0.435 e. The molecule has 29 heavy (non-hydrogen) atoms. The first kappa shape index (κ1) is 20.2. The number of nitrogens with two attached hydrogens (primary N) is 2. The number of hydrogen-bond acceptors (Lipinski definition) is 8. The van der Waals surface area contributed by atoms with Gasteiger partial charge >= 0.3 is 6.61 Å². The highest BCUT2D eigenvalue weighted by atomic mass is 19.3. The lowest BCUT2D eigenvalue weighted by Gasteiger charge is -2.26. The number of halogens is 2. The number of rotatable bonds is 8. The van der Waals surface area contributed by atoms with Crippen LogP contribution in [0.1, 0.15) is 17.2 Å². The Morgan fingerprint density at radius 1 is 0.966 bits per heavy atom. The van der Waals surface area contributed by atoms with Crippen molar-refractivity contribution in [2.45, 2.75) is 19.3 Å². The number of ether oxygens (including phenoxy) is 1. The van der Waals surface area contributed by atoms with Crippen molar-refractivity contribution in [3.63, 3.8) is 0 Å². The van der Waals surface area contributed by atoms with Gasteiger partial charge in [-0.15, -0.1) is 0 Å². The second-order valence-corrected chi connectivity index (χ2v) is 6.18. The Morgan fingerprint density at radius 2 is 1.66 bits per heavy atom. The highest BCUT2D eigenvalue weighted by Gasteiger charge is 2.19. The average Bonchev–Trinajstić information content (AvgIpc) is 2.67. The van der Waals surface area contributed by atoms with Gasteiger partial charge in [-0.25, -0.2) is 0 Å². The molecule has 0 aliphatic heterocycles. The first-order valence-corrected chi connectivity index (χ1v) is 8.69. The van der Waals surface area contributed by atoms with Gasteiger partial charge in [-0.3, -0.25) is 0 Å². The molecule has 1 aromatic heterocycles. The molecule has 5 N–H and O–H groups in total. The molecule has 0 bridgehead atoms. The molecule has 10 heteroatoms. The topological polar surface area (TPSA) is 123 Å². The standard InChI is InChI=1S/C19H20F2N6O2/c20-16(21)29-14-8-4-7-13(9-14)15(28)11-27(10-12-5-2-1-3-6-12)19-25-17(22)24-18(23)26-19/h1-9,15-16,28H,10-11H2,(H4,22,23,24,25,26). The van der Waals surface area contributed by atoms with E-state index in [1.807, 2.05) is 30.3 Å². The summed E-state index contributed by atoms with van der Waals surface area (Å²) in [5.41, 5.74) is 12.7. The fraction of sp³-hybridized carbons (Fsp3) is 0.211. The van der Waals surface area contributed by atoms with E-state index in [2.05, 4.69) is 19.7 Å². The van der Waals surface area contributed by atoms with Crippen molar-refractivity contribution in [2.75, 3.05) is 22.9 Å². The molecule has 0 amide bonds. The smallest absolute Gasteiger partial charge is 0.387 e. The maximum atomic E-state index is 12.5. The van der Waals surface area contributed by atoms with Crippen LogP contribution in [0.15, 0.2) is 54.6 Å². The fourth-order valence-corrected chi connectivity index (χ4v) is 2.77. The molecule has 152 valence electrons. The maximum Gasteiger partial charge on any atom is 0.387 e. The minimum absolute atomic E-state index is 0.0418. The Balaban J connectivity index is 1.86. The molecule has 2 aromatic carbocycles. The van der Waals surface area contributed by atoms with Crippen LogP contribution in [0.5, 0.6) is 5.75 Å². The molecule has 3 aromatic rings. The van der Waals surface area contributed by atoms with Gasteiger partial charge in [-0.2, -0.15) is 23.7 Å². The Labute approximate surface area is 165 Å². The van der Waals surface area contributed by atoms with Gasteiger partial charge in [0.1, 0.15) is 5.75 Å². The number of nitrogens with zero attached hydrogens (tertiary/aromatic N) is 4. The summed E-state index contributed by atoms with van der Waals surface area (Å²) >= 11 is 0. The van der Waals surface area contributed by atoms with E-state index in [0.717, 1.165) is 5.56 Å². The molecule has 1 atom stereocenters. The van der Waals surface area contributed by atoms with Crippen molar-refractivity contribution in [3.8, 4) is 5.75 Å². The third-order valence-corrected chi connectivity index (χ3v) is 4.02. The zero-order valence-electron chi connectivity index (χ0n) is 15.3. The molecular weight excluding hydrogens is 382 g/mol. The summed E-state index contributed by atoms with van der Waals surface area (Å²) < 4.78 is 29.3. The van der Waals surface area contributed by atoms with Gasteiger partial charge in [-0.05, 0) is 23.3 Å². The van der Waals surface area contributed by atoms with Crippen LogP contribution in [0, 0.1) is 0 Å². The van der Waals surface area contributed by atoms with Gasteiger partial charge in [0.15, 0.2) is 0 Å². The molecule has 0 aliphatic rings. The van der Waals surface area contributed by atoms with Crippen molar-refractivity contribution in [2.24, 2.45) is 0 Å². The first-order valence-electron chi connectivity index (χ1n) is 8.69. The number of aliphatic hydroxyl groups is 1. The van der Waals surface area contributed by atoms with E-state index >= 15 is 0 Å². The van der Waals surface area contributed by atoms with E-state index in [1.54, 1.807) is 11.0 Å². The molecule has 0 aliphatic carbocycles. The van der Waals surface area contributed by atoms with Gasteiger partial charge < -0.3 is 26.2 Å². The number of nitrogen functional groups attached to an aromatic ring is 2. The van der Waals surface area contributed by atoms with Crippen LogP contribution >= 0.6 is 0 Å². The van der Waals surface area contributed by atoms with Gasteiger partial charge in [0.05, 0.1) is 12.6 Å². The minimum atomic E-state index is -2.95. The first-order chi connectivity index (χ1) is 13.9. The van der Waals surface area contributed by atoms with E-state index in [-0.39, 0.29) is 30.1 Å². The molecule has 0 radical (unpaired) electrons. The number of alkyl halides is 2. The molecule has 0 saturated carbocycles. The number of aromatic nitrogens is 3. The summed E-state index contributed by atoms with van der Waals surface area (Å²) in [7, 11) is 0. The van der Waals surface area contributed by atoms with Crippen molar-refractivity contribution in [3.05, 3.63) is 65.7 Å². The van der Waals surface area contributed by atoms with Gasteiger partial charge in [0.2, 0.25) is 17.8 Å². The van der Waals surface area contributed by atoms with E-state index in [0.29, 0.717) is 12.1 Å². The number of aliphatic hydroxyl groups excluding tert-OH is 1. The highest BCUT2D eigenvalue weighted by molar-refractivity contribution is 5.41. The Kier molecular flexibility index (Phi) is 6.35. The minimum Gasteiger partial charge on any atom is -0.435 e. The maximum absolute atomic E-state index is 12.5. The van der Waals surface area contributed by atoms with Gasteiger partial charge in [0, 0.05) is 6.54 Å². The molecule has 0 spiro atoms. The summed E-state index contributed by atoms with van der Waals surface area (Å²) in [4.78, 5) is 13.6. The average molecular weight is 402 g/mol. The van der Waals surface area contributed by atoms with Crippen molar-refractivity contribution in [1.29, 1.82) is 0 Å². The van der Waals surface area contributed by atoms with Crippen LogP contribution in [-0.4, -0.2) is 33.2 Å². The lowest BCUT2D eigenvalue weighted by Crippen LogP contribution is -2.30. The number of benzene rings is 2. The molecule has 3 rings (SSSR count). The highest BCUT2D eigenvalue weighted by Crippen LogP contribution is 2.24. The molecule has 8 nitrogen and oxygen atoms in total. The van der Waals surface area contributed by atoms with E-state index < -0.39 is 12.7 Å². The van der Waals surface area contributed by atoms with Crippen LogP contribution in [0.25, 0.3) is 0 Å². The molecule has 1 heterocycles. The summed E-state index contributed by atoms with van der Waals surface area (Å²) in [5, 5.41) is 10.7. The third-order valence-electron chi connectivity index (χ3n) is 4.02. The second-order valence-electron chi connectivity index (χ2n) is 6.18. The van der Waals surface area contributed by atoms with E-state index in [4.69, 9.17) is 11.5 Å². The summed E-state index contributed by atoms with van der Waals surface area (Å²) in [5.74, 6) is 0.0532. The van der Waals surface area contributed by atoms with E-state index in [1.165, 1.54) is 18.2 Å². The number of anilines is 3. The SMILES string of the molecule is Nc1nc(N)nc(N(Cc2ccccc2)CC(O)c2cccc(OC(F)F)c2)n1. The Morgan fingerprint density at radius 3 is 2.31 bits per heavy atom. The zero-order valence-corrected chi connectivity index (χ0v) is 15.3. The molecular formula is C19H20F2N6O2. The summed E-state index contributed by atoms with van der Waals surface area (Å²) in [6.07, 6.45) is -1.04. The molecule has 0 fully saturated rings. The lowest BCUT2D eigenvalue weighted by atomic mass is 10.1. The third kappa shape index (κ3) is 5.72. The van der Waals surface area contributed by atoms with Crippen molar-refractivity contribution in [1.82, 2.24) is 15.0 Å². The van der Waals surface area contributed by atoms with Crippen molar-refractivity contribution < 1.29 is 18.6 Å². The van der Waals surface area contributed by atoms with Gasteiger partial charge in [0.25, 0.3) is 0 Å². The Hall–Kier alpha value is -3.53. The van der Waals surface area contributed by atoms with Crippen LogP contribution in [0.2, 0.25) is 0 Å². The molecule has 0 saturated heterocycles. The van der Waals surface area contributed by atoms with Crippen LogP contribution in [0.4, 0.5) is 26.6 Å². The Bertz CT molecular complexity index is 925.